The van der Waals surface area contributed by atoms with Crippen molar-refractivity contribution in [2.45, 2.75) is 57.6 Å². The van der Waals surface area contributed by atoms with Gasteiger partial charge in [-0.2, -0.15) is 0 Å². The van der Waals surface area contributed by atoms with Crippen molar-refractivity contribution in [1.82, 2.24) is 5.32 Å². The van der Waals surface area contributed by atoms with Crippen LogP contribution in [-0.4, -0.2) is 53.7 Å². The molecule has 0 aromatic heterocycles. The van der Waals surface area contributed by atoms with Gasteiger partial charge in [0, 0.05) is 6.04 Å². The number of hydrogen-bond donors (Lipinski definition) is 3. The zero-order valence-electron chi connectivity index (χ0n) is 19.9. The minimum Gasteiger partial charge on any atom is -0.481 e. The average Bonchev–Trinajstić information content (AvgIpc) is 3.48. The standard InChI is InChI=1S/C21H22O6.C5H11NO/c1-21(2,3)27-20(24)14-6-4-13(5-7-14)10-16(19(22)23)15-8-9-17-18(11-15)26-12-25-17;7-4-5-2-1-3-6-5/h4-9,11,16H,10,12H2,1-3H3,(H,22,23);5-7H,1-4H2/t;5-/m.0/s1. The summed E-state index contributed by atoms with van der Waals surface area (Å²) in [6.07, 6.45) is 2.67. The minimum atomic E-state index is -0.926. The number of esters is 1. The van der Waals surface area contributed by atoms with Gasteiger partial charge in [0.05, 0.1) is 18.1 Å². The minimum absolute atomic E-state index is 0.142. The Morgan fingerprint density at radius 2 is 1.82 bits per heavy atom. The zero-order chi connectivity index (χ0) is 24.7. The predicted octanol–water partition coefficient (Wildman–Crippen LogP) is 3.51. The molecule has 34 heavy (non-hydrogen) atoms. The van der Waals surface area contributed by atoms with Crippen LogP contribution >= 0.6 is 0 Å². The van der Waals surface area contributed by atoms with E-state index in [1.54, 1.807) is 42.5 Å². The second-order valence-corrected chi connectivity index (χ2v) is 9.38. The molecule has 3 N–H and O–H groups in total. The van der Waals surface area contributed by atoms with Crippen LogP contribution in [0.3, 0.4) is 0 Å². The smallest absolute Gasteiger partial charge is 0.338 e. The summed E-state index contributed by atoms with van der Waals surface area (Å²) in [5, 5.41) is 21.3. The Labute approximate surface area is 199 Å². The highest BCUT2D eigenvalue weighted by atomic mass is 16.7. The van der Waals surface area contributed by atoms with E-state index in [-0.39, 0.29) is 6.79 Å². The van der Waals surface area contributed by atoms with E-state index in [2.05, 4.69) is 5.32 Å². The van der Waals surface area contributed by atoms with E-state index in [1.165, 1.54) is 6.42 Å². The van der Waals surface area contributed by atoms with Crippen LogP contribution in [0.15, 0.2) is 42.5 Å². The Balaban J connectivity index is 0.000000396. The van der Waals surface area contributed by atoms with Gasteiger partial charge in [-0.1, -0.05) is 18.2 Å². The Morgan fingerprint density at radius 1 is 1.12 bits per heavy atom. The number of carbonyl (C=O) groups is 2. The maximum Gasteiger partial charge on any atom is 0.338 e. The summed E-state index contributed by atoms with van der Waals surface area (Å²) in [7, 11) is 0. The van der Waals surface area contributed by atoms with E-state index in [0.717, 1.165) is 18.5 Å². The topological polar surface area (TPSA) is 114 Å². The maximum absolute atomic E-state index is 12.1. The number of rotatable bonds is 6. The third-order valence-electron chi connectivity index (χ3n) is 5.51. The summed E-state index contributed by atoms with van der Waals surface area (Å²) >= 11 is 0. The number of hydrogen-bond acceptors (Lipinski definition) is 7. The summed E-state index contributed by atoms with van der Waals surface area (Å²) in [4.78, 5) is 23.9. The normalized spacial score (nSPS) is 17.5. The SMILES string of the molecule is CC(C)(C)OC(=O)c1ccc(CC(C(=O)O)c2ccc3c(c2)OCO3)cc1.OC[C@@H]1CCCN1. The van der Waals surface area contributed by atoms with Crippen molar-refractivity contribution in [3.05, 3.63) is 59.2 Å². The summed E-state index contributed by atoms with van der Waals surface area (Å²) < 4.78 is 15.9. The molecular weight excluding hydrogens is 438 g/mol. The van der Waals surface area contributed by atoms with E-state index in [1.807, 2.05) is 20.8 Å². The van der Waals surface area contributed by atoms with Gasteiger partial charge in [-0.05, 0) is 82.0 Å². The number of aliphatic hydroxyl groups is 1. The molecule has 0 amide bonds. The van der Waals surface area contributed by atoms with Crippen molar-refractivity contribution in [2.24, 2.45) is 0 Å². The Morgan fingerprint density at radius 3 is 2.38 bits per heavy atom. The first-order valence-corrected chi connectivity index (χ1v) is 11.4. The summed E-state index contributed by atoms with van der Waals surface area (Å²) in [5.74, 6) is -0.889. The number of benzene rings is 2. The van der Waals surface area contributed by atoms with Crippen LogP contribution in [0.1, 0.15) is 61.0 Å². The van der Waals surface area contributed by atoms with Crippen LogP contribution in [0.2, 0.25) is 0 Å². The molecule has 0 radical (unpaired) electrons. The first-order chi connectivity index (χ1) is 16.2. The molecule has 0 aliphatic carbocycles. The number of carboxylic acid groups (broad SMARTS) is 1. The van der Waals surface area contributed by atoms with Crippen LogP contribution in [-0.2, 0) is 16.0 Å². The van der Waals surface area contributed by atoms with Crippen molar-refractivity contribution < 1.29 is 34.0 Å². The Hall–Kier alpha value is -3.10. The van der Waals surface area contributed by atoms with Gasteiger partial charge in [0.15, 0.2) is 11.5 Å². The molecule has 1 fully saturated rings. The fourth-order valence-corrected chi connectivity index (χ4v) is 3.74. The number of carboxylic acids is 1. The summed E-state index contributed by atoms with van der Waals surface area (Å²) in [5.41, 5.74) is 1.32. The van der Waals surface area contributed by atoms with Crippen LogP contribution in [0.25, 0.3) is 0 Å². The molecule has 1 unspecified atom stereocenters. The maximum atomic E-state index is 12.1. The summed E-state index contributed by atoms with van der Waals surface area (Å²) in [6.45, 7) is 6.96. The molecule has 0 bridgehead atoms. The van der Waals surface area contributed by atoms with Gasteiger partial charge in [0.25, 0.3) is 0 Å². The molecule has 2 aromatic carbocycles. The highest BCUT2D eigenvalue weighted by Crippen LogP contribution is 2.35. The van der Waals surface area contributed by atoms with Gasteiger partial charge in [0.2, 0.25) is 6.79 Å². The lowest BCUT2D eigenvalue weighted by atomic mass is 9.91. The molecule has 4 rings (SSSR count). The van der Waals surface area contributed by atoms with Gasteiger partial charge in [-0.3, -0.25) is 4.79 Å². The summed E-state index contributed by atoms with van der Waals surface area (Å²) in [6, 6.07) is 12.4. The van der Waals surface area contributed by atoms with Gasteiger partial charge < -0.3 is 29.7 Å². The average molecular weight is 472 g/mol. The Kier molecular flexibility index (Phi) is 8.52. The van der Waals surface area contributed by atoms with E-state index in [4.69, 9.17) is 19.3 Å². The monoisotopic (exact) mass is 471 g/mol. The van der Waals surface area contributed by atoms with Crippen LogP contribution in [0.5, 0.6) is 11.5 Å². The van der Waals surface area contributed by atoms with Crippen LogP contribution in [0, 0.1) is 0 Å². The van der Waals surface area contributed by atoms with Crippen molar-refractivity contribution in [2.75, 3.05) is 19.9 Å². The quantitative estimate of drug-likeness (QED) is 0.549. The van der Waals surface area contributed by atoms with E-state index in [0.29, 0.717) is 41.7 Å². The number of fused-ring (bicyclic) bond motifs is 1. The van der Waals surface area contributed by atoms with E-state index in [9.17, 15) is 14.7 Å². The van der Waals surface area contributed by atoms with E-state index < -0.39 is 23.5 Å². The molecular formula is C26H33NO7. The van der Waals surface area contributed by atoms with Crippen LogP contribution in [0.4, 0.5) is 0 Å². The lowest BCUT2D eigenvalue weighted by molar-refractivity contribution is -0.138. The van der Waals surface area contributed by atoms with Crippen molar-refractivity contribution in [3.63, 3.8) is 0 Å². The molecule has 2 aliphatic rings. The van der Waals surface area contributed by atoms with Gasteiger partial charge in [0.1, 0.15) is 5.60 Å². The molecule has 2 aliphatic heterocycles. The molecule has 0 saturated carbocycles. The number of nitrogens with one attached hydrogen (secondary N) is 1. The van der Waals surface area contributed by atoms with Crippen molar-refractivity contribution in [3.8, 4) is 11.5 Å². The van der Waals surface area contributed by atoms with Gasteiger partial charge >= 0.3 is 11.9 Å². The van der Waals surface area contributed by atoms with Crippen molar-refractivity contribution in [1.29, 1.82) is 0 Å². The molecule has 2 aromatic rings. The lowest BCUT2D eigenvalue weighted by Crippen LogP contribution is -2.24. The lowest BCUT2D eigenvalue weighted by Gasteiger charge is -2.19. The highest BCUT2D eigenvalue weighted by Gasteiger charge is 2.24. The molecule has 8 heteroatoms. The molecule has 184 valence electrons. The fourth-order valence-electron chi connectivity index (χ4n) is 3.74. The predicted molar refractivity (Wildman–Crippen MR) is 126 cm³/mol. The number of aliphatic hydroxyl groups excluding tert-OH is 1. The second kappa shape index (κ2) is 11.4. The van der Waals surface area contributed by atoms with Gasteiger partial charge in [-0.15, -0.1) is 0 Å². The van der Waals surface area contributed by atoms with Crippen molar-refractivity contribution >= 4 is 11.9 Å². The van der Waals surface area contributed by atoms with E-state index >= 15 is 0 Å². The molecule has 1 saturated heterocycles. The number of aliphatic carboxylic acids is 1. The highest BCUT2D eigenvalue weighted by molar-refractivity contribution is 5.89. The molecule has 0 spiro atoms. The second-order valence-electron chi connectivity index (χ2n) is 9.38. The van der Waals surface area contributed by atoms with Crippen LogP contribution < -0.4 is 14.8 Å². The fraction of sp³-hybridized carbons (Fsp3) is 0.462. The molecule has 8 nitrogen and oxygen atoms in total. The van der Waals surface area contributed by atoms with Gasteiger partial charge in [-0.25, -0.2) is 4.79 Å². The molecule has 2 heterocycles. The first-order valence-electron chi connectivity index (χ1n) is 11.4. The Bertz CT molecular complexity index is 976. The zero-order valence-corrected chi connectivity index (χ0v) is 19.9. The number of carbonyl (C=O) groups excluding carboxylic acids is 1. The number of ether oxygens (including phenoxy) is 3. The third-order valence-corrected chi connectivity index (χ3v) is 5.51. The third kappa shape index (κ3) is 7.20. The largest absolute Gasteiger partial charge is 0.481 e. The first kappa shape index (κ1) is 25.5. The molecule has 2 atom stereocenters.